The summed E-state index contributed by atoms with van der Waals surface area (Å²) in [7, 11) is 0. The Bertz CT molecular complexity index is 562. The van der Waals surface area contributed by atoms with E-state index in [1.807, 2.05) is 24.3 Å². The molecule has 1 aliphatic heterocycles. The van der Waals surface area contributed by atoms with E-state index in [0.29, 0.717) is 18.9 Å². The second kappa shape index (κ2) is 4.99. The van der Waals surface area contributed by atoms with E-state index in [0.717, 1.165) is 17.5 Å². The maximum Gasteiger partial charge on any atom is 0.255 e. The molecule has 1 amide bonds. The number of amides is 1. The molecule has 100 valence electrons. The molecule has 4 N–H and O–H groups in total. The van der Waals surface area contributed by atoms with Gasteiger partial charge in [-0.2, -0.15) is 0 Å². The standard InChI is InChI=1S/C13H16N4O2/c14-7-8-5-6-11(19-8)12(18)17-13-15-9-3-1-2-4-10(9)16-13/h1-4,8,11H,5-7,14H2,(H2,15,16,17,18). The van der Waals surface area contributed by atoms with E-state index in [9.17, 15) is 4.79 Å². The van der Waals surface area contributed by atoms with Gasteiger partial charge in [-0.05, 0) is 25.0 Å². The number of nitrogens with zero attached hydrogens (tertiary/aromatic N) is 1. The monoisotopic (exact) mass is 260 g/mol. The summed E-state index contributed by atoms with van der Waals surface area (Å²) >= 11 is 0. The SMILES string of the molecule is NCC1CCC(C(=O)Nc2nc3ccccc3[nH]2)O1. The molecule has 0 radical (unpaired) electrons. The number of nitrogens with one attached hydrogen (secondary N) is 2. The fraction of sp³-hybridized carbons (Fsp3) is 0.385. The summed E-state index contributed by atoms with van der Waals surface area (Å²) in [6, 6.07) is 7.62. The average Bonchev–Trinajstić information content (AvgIpc) is 3.04. The third-order valence-electron chi connectivity index (χ3n) is 3.29. The van der Waals surface area contributed by atoms with E-state index in [4.69, 9.17) is 10.5 Å². The molecule has 1 saturated heterocycles. The van der Waals surface area contributed by atoms with Gasteiger partial charge in [-0.15, -0.1) is 0 Å². The molecule has 6 nitrogen and oxygen atoms in total. The predicted molar refractivity (Wildman–Crippen MR) is 71.7 cm³/mol. The van der Waals surface area contributed by atoms with Gasteiger partial charge in [0.25, 0.3) is 5.91 Å². The van der Waals surface area contributed by atoms with Crippen molar-refractivity contribution >= 4 is 22.9 Å². The Morgan fingerprint density at radius 2 is 2.32 bits per heavy atom. The van der Waals surface area contributed by atoms with Crippen LogP contribution in [0.2, 0.25) is 0 Å². The highest BCUT2D eigenvalue weighted by Gasteiger charge is 2.30. The van der Waals surface area contributed by atoms with Crippen molar-refractivity contribution in [2.24, 2.45) is 5.73 Å². The molecule has 1 fully saturated rings. The first-order valence-electron chi connectivity index (χ1n) is 6.37. The van der Waals surface area contributed by atoms with Crippen molar-refractivity contribution in [1.82, 2.24) is 9.97 Å². The number of ether oxygens (including phenoxy) is 1. The van der Waals surface area contributed by atoms with Crippen LogP contribution in [0.3, 0.4) is 0 Å². The van der Waals surface area contributed by atoms with E-state index in [2.05, 4.69) is 15.3 Å². The number of hydrogen-bond acceptors (Lipinski definition) is 4. The second-order valence-corrected chi connectivity index (χ2v) is 4.65. The van der Waals surface area contributed by atoms with Crippen molar-refractivity contribution in [3.8, 4) is 0 Å². The first-order chi connectivity index (χ1) is 9.26. The van der Waals surface area contributed by atoms with Crippen LogP contribution in [0.5, 0.6) is 0 Å². The Morgan fingerprint density at radius 3 is 3.05 bits per heavy atom. The average molecular weight is 260 g/mol. The van der Waals surface area contributed by atoms with Crippen molar-refractivity contribution in [2.45, 2.75) is 25.0 Å². The van der Waals surface area contributed by atoms with E-state index < -0.39 is 6.10 Å². The van der Waals surface area contributed by atoms with Gasteiger partial charge in [-0.1, -0.05) is 12.1 Å². The van der Waals surface area contributed by atoms with Gasteiger partial charge in [0.1, 0.15) is 6.10 Å². The van der Waals surface area contributed by atoms with Gasteiger partial charge in [-0.3, -0.25) is 10.1 Å². The van der Waals surface area contributed by atoms with Crippen molar-refractivity contribution in [1.29, 1.82) is 0 Å². The first-order valence-corrected chi connectivity index (χ1v) is 6.37. The van der Waals surface area contributed by atoms with Crippen LogP contribution in [0.15, 0.2) is 24.3 Å². The number of anilines is 1. The molecule has 2 atom stereocenters. The van der Waals surface area contributed by atoms with Gasteiger partial charge in [-0.25, -0.2) is 4.98 Å². The smallest absolute Gasteiger partial charge is 0.255 e. The predicted octanol–water partition coefficient (Wildman–Crippen LogP) is 1.01. The highest BCUT2D eigenvalue weighted by molar-refractivity contribution is 5.94. The lowest BCUT2D eigenvalue weighted by atomic mass is 10.2. The topological polar surface area (TPSA) is 93.0 Å². The molecule has 2 unspecified atom stereocenters. The molecule has 3 rings (SSSR count). The van der Waals surface area contributed by atoms with Crippen LogP contribution in [0, 0.1) is 0 Å². The highest BCUT2D eigenvalue weighted by atomic mass is 16.5. The fourth-order valence-electron chi connectivity index (χ4n) is 2.28. The molecule has 0 spiro atoms. The summed E-state index contributed by atoms with van der Waals surface area (Å²) in [5, 5.41) is 2.75. The van der Waals surface area contributed by atoms with E-state index in [1.54, 1.807) is 0 Å². The minimum absolute atomic E-state index is 0.00794. The normalized spacial score (nSPS) is 22.8. The van der Waals surface area contributed by atoms with Gasteiger partial charge >= 0.3 is 0 Å². The number of carbonyl (C=O) groups is 1. The van der Waals surface area contributed by atoms with Crippen molar-refractivity contribution in [3.63, 3.8) is 0 Å². The van der Waals surface area contributed by atoms with Crippen molar-refractivity contribution in [2.75, 3.05) is 11.9 Å². The molecule has 19 heavy (non-hydrogen) atoms. The Kier molecular flexibility index (Phi) is 3.18. The van der Waals surface area contributed by atoms with Gasteiger partial charge in [0.15, 0.2) is 0 Å². The molecule has 0 saturated carbocycles. The zero-order valence-corrected chi connectivity index (χ0v) is 10.4. The number of aromatic amines is 1. The third kappa shape index (κ3) is 2.45. The van der Waals surface area contributed by atoms with E-state index in [1.165, 1.54) is 0 Å². The zero-order chi connectivity index (χ0) is 13.2. The van der Waals surface area contributed by atoms with Crippen molar-refractivity contribution < 1.29 is 9.53 Å². The molecule has 1 aromatic heterocycles. The summed E-state index contributed by atoms with van der Waals surface area (Å²) < 4.78 is 5.54. The third-order valence-corrected chi connectivity index (χ3v) is 3.29. The van der Waals surface area contributed by atoms with Crippen LogP contribution in [0.25, 0.3) is 11.0 Å². The number of aromatic nitrogens is 2. The minimum atomic E-state index is -0.429. The lowest BCUT2D eigenvalue weighted by molar-refractivity contribution is -0.126. The van der Waals surface area contributed by atoms with Crippen LogP contribution in [-0.4, -0.2) is 34.6 Å². The number of rotatable bonds is 3. The Balaban J connectivity index is 1.69. The largest absolute Gasteiger partial charge is 0.364 e. The number of para-hydroxylation sites is 2. The van der Waals surface area contributed by atoms with Gasteiger partial charge in [0.2, 0.25) is 5.95 Å². The second-order valence-electron chi connectivity index (χ2n) is 4.65. The maximum absolute atomic E-state index is 12.0. The fourth-order valence-corrected chi connectivity index (χ4v) is 2.28. The molecule has 2 aromatic rings. The number of benzene rings is 1. The maximum atomic E-state index is 12.0. The zero-order valence-electron chi connectivity index (χ0n) is 10.4. The van der Waals surface area contributed by atoms with E-state index in [-0.39, 0.29) is 12.0 Å². The van der Waals surface area contributed by atoms with E-state index >= 15 is 0 Å². The molecule has 1 aromatic carbocycles. The summed E-state index contributed by atoms with van der Waals surface area (Å²) in [6.45, 7) is 0.453. The van der Waals surface area contributed by atoms with Gasteiger partial charge in [0, 0.05) is 6.54 Å². The van der Waals surface area contributed by atoms with Crippen molar-refractivity contribution in [3.05, 3.63) is 24.3 Å². The first kappa shape index (κ1) is 12.1. The summed E-state index contributed by atoms with van der Waals surface area (Å²) in [4.78, 5) is 19.4. The Labute approximate surface area is 110 Å². The van der Waals surface area contributed by atoms with Crippen LogP contribution >= 0.6 is 0 Å². The number of nitrogens with two attached hydrogens (primary N) is 1. The summed E-state index contributed by atoms with van der Waals surface area (Å²) in [5.41, 5.74) is 7.24. The molecule has 0 bridgehead atoms. The number of carbonyl (C=O) groups excluding carboxylic acids is 1. The molecule has 2 heterocycles. The van der Waals surface area contributed by atoms with Crippen LogP contribution in [-0.2, 0) is 9.53 Å². The number of imidazole rings is 1. The summed E-state index contributed by atoms with van der Waals surface area (Å²) in [6.07, 6.45) is 1.09. The molecular weight excluding hydrogens is 244 g/mol. The number of hydrogen-bond donors (Lipinski definition) is 3. The molecule has 1 aliphatic rings. The Morgan fingerprint density at radius 1 is 1.47 bits per heavy atom. The highest BCUT2D eigenvalue weighted by Crippen LogP contribution is 2.20. The lowest BCUT2D eigenvalue weighted by Gasteiger charge is -2.11. The summed E-state index contributed by atoms with van der Waals surface area (Å²) in [5.74, 6) is 0.279. The molecule has 0 aliphatic carbocycles. The molecular formula is C13H16N4O2. The van der Waals surface area contributed by atoms with Gasteiger partial charge in [0.05, 0.1) is 17.1 Å². The van der Waals surface area contributed by atoms with Gasteiger partial charge < -0.3 is 15.5 Å². The molecule has 6 heteroatoms. The number of H-pyrrole nitrogens is 1. The quantitative estimate of drug-likeness (QED) is 0.767. The van der Waals surface area contributed by atoms with Crippen LogP contribution in [0.1, 0.15) is 12.8 Å². The van der Waals surface area contributed by atoms with Crippen LogP contribution in [0.4, 0.5) is 5.95 Å². The minimum Gasteiger partial charge on any atom is -0.364 e. The number of fused-ring (bicyclic) bond motifs is 1. The van der Waals surface area contributed by atoms with Crippen LogP contribution < -0.4 is 11.1 Å². The lowest BCUT2D eigenvalue weighted by Crippen LogP contribution is -2.30. The Hall–Kier alpha value is -1.92.